The van der Waals surface area contributed by atoms with Crippen LogP contribution in [0.15, 0.2) is 12.1 Å². The summed E-state index contributed by atoms with van der Waals surface area (Å²) in [6.07, 6.45) is 3.97. The molecule has 1 aromatic heterocycles. The van der Waals surface area contributed by atoms with Crippen molar-refractivity contribution in [2.75, 3.05) is 18.5 Å². The Labute approximate surface area is 102 Å². The second-order valence-corrected chi connectivity index (χ2v) is 4.73. The lowest BCUT2D eigenvalue weighted by Crippen LogP contribution is -2.45. The molecule has 0 aliphatic heterocycles. The maximum absolute atomic E-state index is 9.38. The zero-order chi connectivity index (χ0) is 12.3. The van der Waals surface area contributed by atoms with E-state index in [0.717, 1.165) is 24.4 Å². The maximum atomic E-state index is 9.38. The number of pyridine rings is 1. The van der Waals surface area contributed by atoms with E-state index in [1.54, 1.807) is 0 Å². The zero-order valence-corrected chi connectivity index (χ0v) is 10.2. The van der Waals surface area contributed by atoms with Crippen LogP contribution in [0.4, 0.5) is 5.82 Å². The fourth-order valence-corrected chi connectivity index (χ4v) is 2.20. The van der Waals surface area contributed by atoms with E-state index >= 15 is 0 Å². The second kappa shape index (κ2) is 5.02. The summed E-state index contributed by atoms with van der Waals surface area (Å²) in [7, 11) is 0. The highest BCUT2D eigenvalue weighted by Gasteiger charge is 2.27. The predicted octanol–water partition coefficient (Wildman–Crippen LogP) is 1.12. The number of hydrogen-bond acceptors (Lipinski definition) is 4. The van der Waals surface area contributed by atoms with E-state index in [1.165, 1.54) is 12.0 Å². The minimum atomic E-state index is -0.667. The first-order chi connectivity index (χ1) is 8.23. The van der Waals surface area contributed by atoms with Gasteiger partial charge in [0.2, 0.25) is 0 Å². The summed E-state index contributed by atoms with van der Waals surface area (Å²) in [5.74, 6) is 0.746. The van der Waals surface area contributed by atoms with Gasteiger partial charge in [0.05, 0.1) is 18.8 Å². The summed E-state index contributed by atoms with van der Waals surface area (Å²) in [6, 6.07) is 4.02. The topological polar surface area (TPSA) is 65.4 Å². The smallest absolute Gasteiger partial charge is 0.126 e. The average Bonchev–Trinajstić information content (AvgIpc) is 2.83. The minimum Gasteiger partial charge on any atom is -0.394 e. The Balaban J connectivity index is 2.18. The third-order valence-corrected chi connectivity index (χ3v) is 3.60. The average molecular weight is 236 g/mol. The quantitative estimate of drug-likeness (QED) is 0.716. The van der Waals surface area contributed by atoms with Crippen LogP contribution in [0.2, 0.25) is 0 Å². The van der Waals surface area contributed by atoms with Crippen LogP contribution in [-0.2, 0) is 12.8 Å². The second-order valence-electron chi connectivity index (χ2n) is 4.73. The van der Waals surface area contributed by atoms with Crippen molar-refractivity contribution in [1.82, 2.24) is 4.98 Å². The molecule has 0 aromatic carbocycles. The van der Waals surface area contributed by atoms with Crippen molar-refractivity contribution < 1.29 is 10.2 Å². The third kappa shape index (κ3) is 2.42. The van der Waals surface area contributed by atoms with E-state index in [-0.39, 0.29) is 13.2 Å². The molecule has 94 valence electrons. The largest absolute Gasteiger partial charge is 0.394 e. The minimum absolute atomic E-state index is 0.0984. The van der Waals surface area contributed by atoms with Crippen LogP contribution in [0, 0.1) is 0 Å². The molecule has 4 heteroatoms. The molecule has 0 saturated carbocycles. The van der Waals surface area contributed by atoms with E-state index in [0.29, 0.717) is 6.42 Å². The molecule has 1 heterocycles. The highest BCUT2D eigenvalue weighted by atomic mass is 16.3. The van der Waals surface area contributed by atoms with Crippen LogP contribution < -0.4 is 5.32 Å². The van der Waals surface area contributed by atoms with Gasteiger partial charge in [-0.15, -0.1) is 0 Å². The van der Waals surface area contributed by atoms with Gasteiger partial charge >= 0.3 is 0 Å². The van der Waals surface area contributed by atoms with Gasteiger partial charge in [-0.05, 0) is 37.3 Å². The Kier molecular flexibility index (Phi) is 3.64. The summed E-state index contributed by atoms with van der Waals surface area (Å²) >= 11 is 0. The number of hydrogen-bond donors (Lipinski definition) is 3. The van der Waals surface area contributed by atoms with Crippen molar-refractivity contribution in [2.24, 2.45) is 0 Å². The first kappa shape index (κ1) is 12.3. The first-order valence-electron chi connectivity index (χ1n) is 6.22. The summed E-state index contributed by atoms with van der Waals surface area (Å²) in [5.41, 5.74) is 1.81. The van der Waals surface area contributed by atoms with Crippen LogP contribution >= 0.6 is 0 Å². The van der Waals surface area contributed by atoms with E-state index in [9.17, 15) is 10.2 Å². The molecular formula is C13H20N2O2. The number of nitrogens with zero attached hydrogens (tertiary/aromatic N) is 1. The van der Waals surface area contributed by atoms with Gasteiger partial charge in [0, 0.05) is 5.69 Å². The molecule has 0 saturated heterocycles. The Hall–Kier alpha value is -1.13. The molecule has 4 nitrogen and oxygen atoms in total. The summed E-state index contributed by atoms with van der Waals surface area (Å²) in [6.45, 7) is 1.74. The molecule has 0 amide bonds. The number of fused-ring (bicyclic) bond motifs is 1. The van der Waals surface area contributed by atoms with Gasteiger partial charge in [0.1, 0.15) is 5.82 Å². The lowest BCUT2D eigenvalue weighted by molar-refractivity contribution is 0.132. The van der Waals surface area contributed by atoms with Gasteiger partial charge in [-0.2, -0.15) is 0 Å². The van der Waals surface area contributed by atoms with E-state index in [1.807, 2.05) is 13.0 Å². The molecule has 0 fully saturated rings. The summed E-state index contributed by atoms with van der Waals surface area (Å²) in [5, 5.41) is 21.9. The third-order valence-electron chi connectivity index (χ3n) is 3.60. The van der Waals surface area contributed by atoms with E-state index in [2.05, 4.69) is 16.4 Å². The zero-order valence-electron chi connectivity index (χ0n) is 10.2. The van der Waals surface area contributed by atoms with Gasteiger partial charge in [-0.3, -0.25) is 0 Å². The highest BCUT2D eigenvalue weighted by molar-refractivity contribution is 5.42. The molecule has 0 spiro atoms. The fourth-order valence-electron chi connectivity index (χ4n) is 2.20. The first-order valence-corrected chi connectivity index (χ1v) is 6.22. The number of aromatic nitrogens is 1. The summed E-state index contributed by atoms with van der Waals surface area (Å²) < 4.78 is 0. The number of nitrogens with one attached hydrogen (secondary N) is 1. The molecule has 17 heavy (non-hydrogen) atoms. The molecule has 0 bridgehead atoms. The van der Waals surface area contributed by atoms with Crippen molar-refractivity contribution in [3.63, 3.8) is 0 Å². The standard InChI is InChI=1S/C13H20N2O2/c1-2-13(8-16,9-17)15-12-7-6-10-4-3-5-11(10)14-12/h6-7,16-17H,2-5,8-9H2,1H3,(H,14,15). The lowest BCUT2D eigenvalue weighted by Gasteiger charge is -2.30. The van der Waals surface area contributed by atoms with Gasteiger partial charge in [0.15, 0.2) is 0 Å². The Morgan fingerprint density at radius 1 is 1.29 bits per heavy atom. The Morgan fingerprint density at radius 2 is 2.06 bits per heavy atom. The predicted molar refractivity (Wildman–Crippen MR) is 67.1 cm³/mol. The molecule has 3 N–H and O–H groups in total. The Bertz CT molecular complexity index is 381. The van der Waals surface area contributed by atoms with Gasteiger partial charge in [-0.1, -0.05) is 13.0 Å². The molecular weight excluding hydrogens is 216 g/mol. The molecule has 0 unspecified atom stereocenters. The number of anilines is 1. The molecule has 2 rings (SSSR count). The van der Waals surface area contributed by atoms with Crippen LogP contribution in [0.1, 0.15) is 31.0 Å². The van der Waals surface area contributed by atoms with Gasteiger partial charge < -0.3 is 15.5 Å². The molecule has 1 aliphatic rings. The monoisotopic (exact) mass is 236 g/mol. The molecule has 1 aliphatic carbocycles. The van der Waals surface area contributed by atoms with Crippen molar-refractivity contribution in [1.29, 1.82) is 0 Å². The number of aliphatic hydroxyl groups is 2. The van der Waals surface area contributed by atoms with Crippen molar-refractivity contribution in [3.05, 3.63) is 23.4 Å². The molecule has 0 radical (unpaired) electrons. The van der Waals surface area contributed by atoms with Gasteiger partial charge in [0.25, 0.3) is 0 Å². The highest BCUT2D eigenvalue weighted by Crippen LogP contribution is 2.23. The number of aliphatic hydroxyl groups excluding tert-OH is 2. The molecule has 0 atom stereocenters. The Morgan fingerprint density at radius 3 is 2.71 bits per heavy atom. The van der Waals surface area contributed by atoms with Crippen LogP contribution in [0.3, 0.4) is 0 Å². The molecule has 1 aromatic rings. The van der Waals surface area contributed by atoms with Gasteiger partial charge in [-0.25, -0.2) is 4.98 Å². The number of rotatable bonds is 5. The maximum Gasteiger partial charge on any atom is 0.126 e. The SMILES string of the molecule is CCC(CO)(CO)Nc1ccc2c(n1)CCC2. The fraction of sp³-hybridized carbons (Fsp3) is 0.615. The van der Waals surface area contributed by atoms with Crippen LogP contribution in [-0.4, -0.2) is 33.9 Å². The summed E-state index contributed by atoms with van der Waals surface area (Å²) in [4.78, 5) is 4.55. The normalized spacial score (nSPS) is 14.8. The van der Waals surface area contributed by atoms with Crippen LogP contribution in [0.25, 0.3) is 0 Å². The van der Waals surface area contributed by atoms with Crippen molar-refractivity contribution in [3.8, 4) is 0 Å². The van der Waals surface area contributed by atoms with Crippen molar-refractivity contribution in [2.45, 2.75) is 38.1 Å². The number of aryl methyl sites for hydroxylation is 2. The van der Waals surface area contributed by atoms with E-state index < -0.39 is 5.54 Å². The van der Waals surface area contributed by atoms with Crippen LogP contribution in [0.5, 0.6) is 0 Å². The van der Waals surface area contributed by atoms with Crippen molar-refractivity contribution >= 4 is 5.82 Å². The lowest BCUT2D eigenvalue weighted by atomic mass is 9.98. The van der Waals surface area contributed by atoms with E-state index in [4.69, 9.17) is 0 Å².